The number of aromatic amines is 3. The van der Waals surface area contributed by atoms with Crippen LogP contribution >= 0.6 is 0 Å². The number of aromatic nitrogens is 3. The molecule has 2 atom stereocenters. The summed E-state index contributed by atoms with van der Waals surface area (Å²) in [6.45, 7) is 0. The maximum absolute atomic E-state index is 11.0. The van der Waals surface area contributed by atoms with Crippen LogP contribution in [-0.4, -0.2) is 54.1 Å². The third-order valence-electron chi connectivity index (χ3n) is 7.45. The summed E-state index contributed by atoms with van der Waals surface area (Å²) in [6.07, 6.45) is 21.6. The molecule has 3 heterocycles. The first-order valence-corrected chi connectivity index (χ1v) is 14.3. The van der Waals surface area contributed by atoms with Gasteiger partial charge in [-0.1, -0.05) is 29.9 Å². The van der Waals surface area contributed by atoms with Crippen molar-refractivity contribution in [3.05, 3.63) is 111 Å². The molecule has 0 saturated carbocycles. The number of carboxylic acid groups (broad SMARTS) is 2. The molecule has 0 spiro atoms. The predicted octanol–water partition coefficient (Wildman–Crippen LogP) is 4.26. The van der Waals surface area contributed by atoms with Crippen molar-refractivity contribution in [2.75, 3.05) is 0 Å². The van der Waals surface area contributed by atoms with Gasteiger partial charge in [-0.2, -0.15) is 0 Å². The molecule has 3 aromatic carbocycles. The highest BCUT2D eigenvalue weighted by atomic mass is 16.6. The quantitative estimate of drug-likeness (QED) is 0.0756. The van der Waals surface area contributed by atoms with Gasteiger partial charge in [-0.05, 0) is 47.5 Å². The van der Waals surface area contributed by atoms with E-state index < -0.39 is 28.9 Å². The molecule has 0 radical (unpaired) electrons. The first kappa shape index (κ1) is 34.1. The summed E-state index contributed by atoms with van der Waals surface area (Å²) in [5, 5.41) is 31.1. The zero-order valence-electron chi connectivity index (χ0n) is 25.4. The molecule has 6 aromatic rings. The van der Waals surface area contributed by atoms with Crippen molar-refractivity contribution >= 4 is 50.3 Å². The molecule has 3 aromatic heterocycles. The molecule has 0 aliphatic heterocycles. The minimum absolute atomic E-state index is 0.0329. The van der Waals surface area contributed by atoms with Gasteiger partial charge in [0.15, 0.2) is 0 Å². The summed E-state index contributed by atoms with van der Waals surface area (Å²) in [5.41, 5.74) is 16.7. The van der Waals surface area contributed by atoms with Gasteiger partial charge >= 0.3 is 11.9 Å². The monoisotopic (exact) mass is 642 g/mol. The van der Waals surface area contributed by atoms with E-state index in [1.807, 2.05) is 48.7 Å². The van der Waals surface area contributed by atoms with Crippen molar-refractivity contribution in [2.45, 2.75) is 24.9 Å². The number of hydrogen-bond acceptors (Lipinski definition) is 6. The normalized spacial score (nSPS) is 11.6. The van der Waals surface area contributed by atoms with Gasteiger partial charge in [0.1, 0.15) is 17.6 Å². The Kier molecular flexibility index (Phi) is 10.7. The van der Waals surface area contributed by atoms with Gasteiger partial charge < -0.3 is 36.6 Å². The third kappa shape index (κ3) is 7.36. The summed E-state index contributed by atoms with van der Waals surface area (Å²) in [4.78, 5) is 40.9. The zero-order valence-corrected chi connectivity index (χ0v) is 25.4. The van der Waals surface area contributed by atoms with Crippen molar-refractivity contribution < 1.29 is 24.7 Å². The number of hydrogen-bond donors (Lipinski definition) is 7. The highest BCUT2D eigenvalue weighted by Crippen LogP contribution is 2.30. The molecule has 12 nitrogen and oxygen atoms in total. The molecule has 6 rings (SSSR count). The van der Waals surface area contributed by atoms with Crippen LogP contribution in [0.2, 0.25) is 0 Å². The van der Waals surface area contributed by atoms with E-state index in [0.29, 0.717) is 16.5 Å². The van der Waals surface area contributed by atoms with Gasteiger partial charge in [0.05, 0.1) is 4.92 Å². The van der Waals surface area contributed by atoms with Gasteiger partial charge in [-0.15, -0.1) is 19.3 Å². The molecule has 0 aliphatic carbocycles. The number of benzene rings is 3. The average Bonchev–Trinajstić information content (AvgIpc) is 3.84. The van der Waals surface area contributed by atoms with Crippen molar-refractivity contribution in [3.63, 3.8) is 0 Å². The Hall–Kier alpha value is -6.78. The maximum atomic E-state index is 11.0. The lowest BCUT2D eigenvalue weighted by Gasteiger charge is -2.06. The van der Waals surface area contributed by atoms with E-state index in [0.717, 1.165) is 38.5 Å². The van der Waals surface area contributed by atoms with Gasteiger partial charge in [0, 0.05) is 81.4 Å². The largest absolute Gasteiger partial charge is 0.480 e. The lowest BCUT2D eigenvalue weighted by atomic mass is 10.0. The van der Waals surface area contributed by atoms with Gasteiger partial charge in [-0.25, -0.2) is 0 Å². The van der Waals surface area contributed by atoms with Crippen LogP contribution in [0.25, 0.3) is 32.7 Å². The van der Waals surface area contributed by atoms with Gasteiger partial charge in [-0.3, -0.25) is 19.7 Å². The molecule has 0 saturated heterocycles. The molecule has 2 unspecified atom stereocenters. The number of nitrogens with one attached hydrogen (secondary N) is 3. The van der Waals surface area contributed by atoms with Crippen LogP contribution in [0.3, 0.4) is 0 Å². The van der Waals surface area contributed by atoms with Crippen LogP contribution in [0, 0.1) is 47.1 Å². The molecule has 0 amide bonds. The number of H-pyrrole nitrogens is 3. The first-order chi connectivity index (χ1) is 23.0. The van der Waals surface area contributed by atoms with Gasteiger partial charge in [0.2, 0.25) is 0 Å². The Morgan fingerprint density at radius 2 is 1.29 bits per heavy atom. The highest BCUT2D eigenvalue weighted by molar-refractivity contribution is 5.96. The molecule has 0 bridgehead atoms. The number of nitro groups is 1. The molecule has 0 aliphatic rings. The molecule has 12 heteroatoms. The summed E-state index contributed by atoms with van der Waals surface area (Å²) in [6, 6.07) is 14.2. The summed E-state index contributed by atoms with van der Waals surface area (Å²) >= 11 is 0. The summed E-state index contributed by atoms with van der Waals surface area (Å²) in [7, 11) is 0. The van der Waals surface area contributed by atoms with Crippen LogP contribution in [0.4, 0.5) is 5.69 Å². The van der Waals surface area contributed by atoms with Crippen molar-refractivity contribution in [2.24, 2.45) is 11.5 Å². The lowest BCUT2D eigenvalue weighted by molar-refractivity contribution is -0.383. The Balaban J connectivity index is 0.000000169. The van der Waals surface area contributed by atoms with Crippen molar-refractivity contribution in [1.82, 2.24) is 15.0 Å². The second kappa shape index (κ2) is 15.0. The van der Waals surface area contributed by atoms with E-state index in [-0.39, 0.29) is 24.0 Å². The Morgan fingerprint density at radius 1 is 0.750 bits per heavy atom. The molecular weight excluding hydrogens is 612 g/mol. The summed E-state index contributed by atoms with van der Waals surface area (Å²) in [5.74, 6) is 5.50. The number of nitrogens with zero attached hydrogens (tertiary/aromatic N) is 1. The minimum atomic E-state index is -1.15. The standard InChI is InChI=1S/C13H11N3O4.C13H12N2O2.C10H7N/c1-2-7-3-4-10(16(19)20)12-11(7)8(6-15-12)5-9(14)13(17)18;1-2-8-4-3-5-11-12(8)9(7-15-11)6-10(14)13(16)17;1-2-8-4-3-5-10-9(8)6-7-11-10/h1,3-4,6,9,15H,5,14H2,(H,17,18);1,3-5,7,10,15H,6,14H2,(H,16,17);1,3-7,11H. The molecule has 240 valence electrons. The van der Waals surface area contributed by atoms with E-state index in [9.17, 15) is 19.7 Å². The van der Waals surface area contributed by atoms with Gasteiger partial charge in [0.25, 0.3) is 5.69 Å². The number of nitro benzene ring substituents is 1. The average molecular weight is 643 g/mol. The molecule has 0 fully saturated rings. The van der Waals surface area contributed by atoms with Crippen LogP contribution in [0.5, 0.6) is 0 Å². The van der Waals surface area contributed by atoms with E-state index >= 15 is 0 Å². The molecular formula is C36H30N6O6. The Morgan fingerprint density at radius 3 is 1.88 bits per heavy atom. The zero-order chi connectivity index (χ0) is 35.0. The highest BCUT2D eigenvalue weighted by Gasteiger charge is 2.21. The SMILES string of the molecule is C#Cc1ccc([N+](=O)[O-])c2[nH]cc(CC(N)C(=O)O)c12.C#Cc1cccc2[nH]cc(CC(N)C(=O)O)c12.C#Cc1cccc2[nH]ccc12. The van der Waals surface area contributed by atoms with Crippen molar-refractivity contribution in [1.29, 1.82) is 0 Å². The van der Waals surface area contributed by atoms with Crippen LogP contribution in [0.15, 0.2) is 73.2 Å². The van der Waals surface area contributed by atoms with Crippen LogP contribution in [-0.2, 0) is 22.4 Å². The number of non-ortho nitro benzene ring substituents is 1. The minimum Gasteiger partial charge on any atom is -0.480 e. The van der Waals surface area contributed by atoms with E-state index in [1.54, 1.807) is 6.20 Å². The molecule has 9 N–H and O–H groups in total. The fraction of sp³-hybridized carbons (Fsp3) is 0.111. The van der Waals surface area contributed by atoms with E-state index in [2.05, 4.69) is 32.7 Å². The fourth-order valence-corrected chi connectivity index (χ4v) is 5.13. The fourth-order valence-electron chi connectivity index (χ4n) is 5.13. The molecule has 48 heavy (non-hydrogen) atoms. The number of carbonyl (C=O) groups is 2. The van der Waals surface area contributed by atoms with Crippen molar-refractivity contribution in [3.8, 4) is 37.0 Å². The van der Waals surface area contributed by atoms with Crippen LogP contribution < -0.4 is 11.5 Å². The Bertz CT molecular complexity index is 2270. The third-order valence-corrected chi connectivity index (χ3v) is 7.45. The van der Waals surface area contributed by atoms with E-state index in [4.69, 9.17) is 41.0 Å². The lowest BCUT2D eigenvalue weighted by Crippen LogP contribution is -2.32. The van der Waals surface area contributed by atoms with E-state index in [1.165, 1.54) is 18.3 Å². The Labute approximate surface area is 274 Å². The number of fused-ring (bicyclic) bond motifs is 3. The summed E-state index contributed by atoms with van der Waals surface area (Å²) < 4.78 is 0. The number of nitrogens with two attached hydrogens (primary N) is 2. The number of aliphatic carboxylic acids is 2. The number of terminal acetylenes is 3. The maximum Gasteiger partial charge on any atom is 0.320 e. The number of rotatable bonds is 7. The second-order valence-corrected chi connectivity index (χ2v) is 10.5. The first-order valence-electron chi connectivity index (χ1n) is 14.3. The number of carboxylic acids is 2. The topological polar surface area (TPSA) is 217 Å². The predicted molar refractivity (Wildman–Crippen MR) is 184 cm³/mol. The smallest absolute Gasteiger partial charge is 0.320 e. The van der Waals surface area contributed by atoms with Crippen LogP contribution in [0.1, 0.15) is 27.8 Å². The second-order valence-electron chi connectivity index (χ2n) is 10.5.